The van der Waals surface area contributed by atoms with Crippen molar-refractivity contribution in [2.24, 2.45) is 5.92 Å². The van der Waals surface area contributed by atoms with Crippen molar-refractivity contribution in [1.29, 1.82) is 0 Å². The Kier molecular flexibility index (Phi) is 4.92. The van der Waals surface area contributed by atoms with Gasteiger partial charge in [0, 0.05) is 12.1 Å². The Labute approximate surface area is 130 Å². The van der Waals surface area contributed by atoms with Crippen molar-refractivity contribution in [1.82, 2.24) is 20.1 Å². The summed E-state index contributed by atoms with van der Waals surface area (Å²) in [5.74, 6) is -0.111. The molecule has 0 aliphatic carbocycles. The van der Waals surface area contributed by atoms with Crippen molar-refractivity contribution in [3.05, 3.63) is 42.5 Å². The molecule has 0 spiro atoms. The molecule has 0 aliphatic heterocycles. The maximum Gasteiger partial charge on any atom is 0.251 e. The molecule has 1 heterocycles. The number of aliphatic hydroxyl groups is 1. The largest absolute Gasteiger partial charge is 0.388 e. The van der Waals surface area contributed by atoms with Gasteiger partial charge in [-0.3, -0.25) is 4.79 Å². The lowest BCUT2D eigenvalue weighted by molar-refractivity contribution is 0.00593. The molecule has 2 N–H and O–H groups in total. The molecule has 0 radical (unpaired) electrons. The van der Waals surface area contributed by atoms with E-state index in [0.717, 1.165) is 12.1 Å². The van der Waals surface area contributed by atoms with Crippen LogP contribution in [-0.4, -0.2) is 37.9 Å². The molecular weight excluding hydrogens is 280 g/mol. The maximum absolute atomic E-state index is 12.3. The van der Waals surface area contributed by atoms with Crippen molar-refractivity contribution >= 4 is 5.91 Å². The van der Waals surface area contributed by atoms with E-state index in [4.69, 9.17) is 0 Å². The molecule has 2 rings (SSSR count). The van der Waals surface area contributed by atoms with E-state index in [0.29, 0.717) is 5.56 Å². The van der Waals surface area contributed by atoms with Gasteiger partial charge in [-0.2, -0.15) is 5.10 Å². The highest BCUT2D eigenvalue weighted by Crippen LogP contribution is 2.19. The molecule has 0 saturated carbocycles. The first-order chi connectivity index (χ1) is 10.4. The van der Waals surface area contributed by atoms with E-state index in [1.54, 1.807) is 36.1 Å². The predicted molar refractivity (Wildman–Crippen MR) is 83.8 cm³/mol. The van der Waals surface area contributed by atoms with Gasteiger partial charge >= 0.3 is 0 Å². The summed E-state index contributed by atoms with van der Waals surface area (Å²) in [6.45, 7) is 5.95. The molecule has 6 nitrogen and oxygen atoms in total. The molecule has 2 atom stereocenters. The third-order valence-corrected chi connectivity index (χ3v) is 4.07. The molecule has 0 saturated heterocycles. The molecule has 2 aromatic rings. The van der Waals surface area contributed by atoms with Crippen LogP contribution in [0.1, 0.15) is 37.6 Å². The van der Waals surface area contributed by atoms with Crippen LogP contribution in [0.3, 0.4) is 0 Å². The molecule has 1 aromatic carbocycles. The number of rotatable bonds is 6. The van der Waals surface area contributed by atoms with Gasteiger partial charge in [-0.25, -0.2) is 9.67 Å². The lowest BCUT2D eigenvalue weighted by Crippen LogP contribution is -2.45. The fourth-order valence-electron chi connectivity index (χ4n) is 2.11. The van der Waals surface area contributed by atoms with Crippen LogP contribution in [0.4, 0.5) is 0 Å². The van der Waals surface area contributed by atoms with E-state index in [2.05, 4.69) is 15.4 Å². The standard InChI is InChI=1S/C16H22N4O2/c1-4-12(2)16(3,22)9-18-15(21)13-6-5-7-14(8-13)20-11-17-10-19-20/h5-8,10-12,22H,4,9H2,1-3H3,(H,18,21). The van der Waals surface area contributed by atoms with E-state index in [1.165, 1.54) is 6.33 Å². The van der Waals surface area contributed by atoms with E-state index in [1.807, 2.05) is 19.9 Å². The van der Waals surface area contributed by atoms with E-state index in [-0.39, 0.29) is 18.4 Å². The fourth-order valence-corrected chi connectivity index (χ4v) is 2.11. The maximum atomic E-state index is 12.3. The summed E-state index contributed by atoms with van der Waals surface area (Å²) >= 11 is 0. The van der Waals surface area contributed by atoms with Gasteiger partial charge in [-0.05, 0) is 31.0 Å². The van der Waals surface area contributed by atoms with Crippen LogP contribution in [0.25, 0.3) is 5.69 Å². The second kappa shape index (κ2) is 6.70. The number of amides is 1. The molecule has 2 unspecified atom stereocenters. The van der Waals surface area contributed by atoms with Gasteiger partial charge in [0.2, 0.25) is 0 Å². The van der Waals surface area contributed by atoms with Crippen LogP contribution >= 0.6 is 0 Å². The number of carbonyl (C=O) groups excluding carboxylic acids is 1. The lowest BCUT2D eigenvalue weighted by atomic mass is 9.88. The second-order valence-corrected chi connectivity index (χ2v) is 5.74. The summed E-state index contributed by atoms with van der Waals surface area (Å²) in [7, 11) is 0. The first-order valence-electron chi connectivity index (χ1n) is 7.39. The van der Waals surface area contributed by atoms with Crippen LogP contribution in [0, 0.1) is 5.92 Å². The molecular formula is C16H22N4O2. The number of hydrogen-bond donors (Lipinski definition) is 2. The average Bonchev–Trinajstić information content (AvgIpc) is 3.06. The van der Waals surface area contributed by atoms with Crippen molar-refractivity contribution in [2.75, 3.05) is 6.54 Å². The summed E-state index contributed by atoms with van der Waals surface area (Å²) in [4.78, 5) is 16.1. The van der Waals surface area contributed by atoms with Crippen molar-refractivity contribution in [3.8, 4) is 5.69 Å². The monoisotopic (exact) mass is 302 g/mol. The van der Waals surface area contributed by atoms with Gasteiger partial charge in [0.15, 0.2) is 0 Å². The minimum absolute atomic E-state index is 0.106. The number of hydrogen-bond acceptors (Lipinski definition) is 4. The minimum Gasteiger partial charge on any atom is -0.388 e. The van der Waals surface area contributed by atoms with E-state index < -0.39 is 5.60 Å². The van der Waals surface area contributed by atoms with Crippen molar-refractivity contribution < 1.29 is 9.90 Å². The highest BCUT2D eigenvalue weighted by atomic mass is 16.3. The zero-order valence-electron chi connectivity index (χ0n) is 13.2. The van der Waals surface area contributed by atoms with Crippen molar-refractivity contribution in [2.45, 2.75) is 32.8 Å². The molecule has 0 bridgehead atoms. The number of nitrogens with one attached hydrogen (secondary N) is 1. The molecule has 0 aliphatic rings. The van der Waals surface area contributed by atoms with Gasteiger partial charge in [-0.1, -0.05) is 26.3 Å². The van der Waals surface area contributed by atoms with Gasteiger partial charge in [0.05, 0.1) is 11.3 Å². The van der Waals surface area contributed by atoms with Crippen LogP contribution < -0.4 is 5.32 Å². The molecule has 1 amide bonds. The number of nitrogens with zero attached hydrogens (tertiary/aromatic N) is 3. The summed E-state index contributed by atoms with van der Waals surface area (Å²) in [6, 6.07) is 7.11. The van der Waals surface area contributed by atoms with Crippen LogP contribution in [-0.2, 0) is 0 Å². The first kappa shape index (κ1) is 16.2. The number of benzene rings is 1. The van der Waals surface area contributed by atoms with Crippen molar-refractivity contribution in [3.63, 3.8) is 0 Å². The smallest absolute Gasteiger partial charge is 0.251 e. The third-order valence-electron chi connectivity index (χ3n) is 4.07. The summed E-state index contributed by atoms with van der Waals surface area (Å²) < 4.78 is 1.59. The van der Waals surface area contributed by atoms with Gasteiger partial charge in [0.1, 0.15) is 12.7 Å². The van der Waals surface area contributed by atoms with Gasteiger partial charge in [-0.15, -0.1) is 0 Å². The zero-order chi connectivity index (χ0) is 16.2. The SMILES string of the molecule is CCC(C)C(C)(O)CNC(=O)c1cccc(-n2cncn2)c1. The summed E-state index contributed by atoms with van der Waals surface area (Å²) in [5.41, 5.74) is 0.361. The Morgan fingerprint density at radius 1 is 1.50 bits per heavy atom. The second-order valence-electron chi connectivity index (χ2n) is 5.74. The first-order valence-corrected chi connectivity index (χ1v) is 7.39. The minimum atomic E-state index is -0.923. The quantitative estimate of drug-likeness (QED) is 0.852. The van der Waals surface area contributed by atoms with E-state index in [9.17, 15) is 9.90 Å². The molecule has 118 valence electrons. The number of carbonyl (C=O) groups is 1. The fraction of sp³-hybridized carbons (Fsp3) is 0.438. The topological polar surface area (TPSA) is 80.0 Å². The van der Waals surface area contributed by atoms with Crippen LogP contribution in [0.15, 0.2) is 36.9 Å². The highest BCUT2D eigenvalue weighted by Gasteiger charge is 2.27. The third kappa shape index (κ3) is 3.71. The van der Waals surface area contributed by atoms with Crippen LogP contribution in [0.2, 0.25) is 0 Å². The average molecular weight is 302 g/mol. The number of aromatic nitrogens is 3. The Bertz CT molecular complexity index is 623. The van der Waals surface area contributed by atoms with E-state index >= 15 is 0 Å². The Morgan fingerprint density at radius 3 is 2.91 bits per heavy atom. The normalized spacial score (nSPS) is 15.1. The zero-order valence-corrected chi connectivity index (χ0v) is 13.2. The Morgan fingerprint density at radius 2 is 2.27 bits per heavy atom. The lowest BCUT2D eigenvalue weighted by Gasteiger charge is -2.29. The predicted octanol–water partition coefficient (Wildman–Crippen LogP) is 1.79. The Balaban J connectivity index is 2.06. The van der Waals surface area contributed by atoms with Gasteiger partial charge < -0.3 is 10.4 Å². The van der Waals surface area contributed by atoms with Gasteiger partial charge in [0.25, 0.3) is 5.91 Å². The Hall–Kier alpha value is -2.21. The molecule has 22 heavy (non-hydrogen) atoms. The molecule has 6 heteroatoms. The highest BCUT2D eigenvalue weighted by molar-refractivity contribution is 5.94. The summed E-state index contributed by atoms with van der Waals surface area (Å²) in [5, 5.41) is 17.2. The summed E-state index contributed by atoms with van der Waals surface area (Å²) in [6.07, 6.45) is 3.87. The molecule has 1 aromatic heterocycles. The van der Waals surface area contributed by atoms with Crippen LogP contribution in [0.5, 0.6) is 0 Å². The molecule has 0 fully saturated rings.